The molecule has 1 N–H and O–H groups in total. The van der Waals surface area contributed by atoms with Crippen molar-refractivity contribution in [1.82, 2.24) is 14.9 Å². The van der Waals surface area contributed by atoms with Gasteiger partial charge < -0.3 is 0 Å². The molecule has 0 spiro atoms. The summed E-state index contributed by atoms with van der Waals surface area (Å²) in [6, 6.07) is 7.91. The zero-order chi connectivity index (χ0) is 14.0. The summed E-state index contributed by atoms with van der Waals surface area (Å²) in [5.74, 6) is 0.811. The van der Waals surface area contributed by atoms with Crippen molar-refractivity contribution in [2.75, 3.05) is 0 Å². The van der Waals surface area contributed by atoms with Crippen LogP contribution in [0, 0.1) is 4.77 Å². The molecule has 19 heavy (non-hydrogen) atoms. The molecule has 0 aliphatic rings. The number of hydrogen-bond donors (Lipinski definition) is 1. The van der Waals surface area contributed by atoms with Crippen LogP contribution in [0.3, 0.4) is 0 Å². The predicted molar refractivity (Wildman–Crippen MR) is 83.2 cm³/mol. The van der Waals surface area contributed by atoms with E-state index < -0.39 is 0 Å². The Labute approximate surface area is 125 Å². The Bertz CT molecular complexity index is 647. The molecule has 2 rings (SSSR count). The summed E-state index contributed by atoms with van der Waals surface area (Å²) in [5.41, 5.74) is 0.885. The molecule has 0 fully saturated rings. The molecule has 6 heteroatoms. The maximum atomic E-state index is 5.20. The third-order valence-corrected chi connectivity index (χ3v) is 3.31. The maximum absolute atomic E-state index is 5.20. The lowest BCUT2D eigenvalue weighted by Crippen LogP contribution is -2.17. The van der Waals surface area contributed by atoms with Gasteiger partial charge in [-0.1, -0.05) is 48.8 Å². The first-order valence-corrected chi connectivity index (χ1v) is 7.06. The van der Waals surface area contributed by atoms with Crippen molar-refractivity contribution in [2.24, 2.45) is 5.10 Å². The van der Waals surface area contributed by atoms with Gasteiger partial charge in [-0.05, 0) is 29.9 Å². The number of nitrogens with one attached hydrogen (secondary N) is 1. The molecule has 0 unspecified atom stereocenters. The van der Waals surface area contributed by atoms with Gasteiger partial charge in [-0.15, -0.1) is 0 Å². The second kappa shape index (κ2) is 5.38. The highest BCUT2D eigenvalue weighted by Crippen LogP contribution is 2.19. The van der Waals surface area contributed by atoms with Crippen LogP contribution in [0.5, 0.6) is 0 Å². The third-order valence-electron chi connectivity index (χ3n) is 2.51. The van der Waals surface area contributed by atoms with Gasteiger partial charge in [0.2, 0.25) is 4.77 Å². The van der Waals surface area contributed by atoms with Crippen LogP contribution < -0.4 is 0 Å². The fraction of sp³-hybridized carbons (Fsp3) is 0.308. The van der Waals surface area contributed by atoms with Gasteiger partial charge in [0.1, 0.15) is 0 Å². The Morgan fingerprint density at radius 3 is 2.53 bits per heavy atom. The Balaban J connectivity index is 2.36. The van der Waals surface area contributed by atoms with E-state index in [1.807, 2.05) is 24.3 Å². The van der Waals surface area contributed by atoms with Gasteiger partial charge >= 0.3 is 0 Å². The molecule has 0 aliphatic carbocycles. The highest BCUT2D eigenvalue weighted by Gasteiger charge is 2.21. The van der Waals surface area contributed by atoms with E-state index in [0.717, 1.165) is 15.9 Å². The topological polar surface area (TPSA) is 46.0 Å². The number of aromatic amines is 1. The number of hydrogen-bond acceptors (Lipinski definition) is 3. The van der Waals surface area contributed by atoms with Crippen LogP contribution in [0.1, 0.15) is 32.2 Å². The lowest BCUT2D eigenvalue weighted by Gasteiger charge is -2.15. The molecule has 2 aromatic rings. The minimum atomic E-state index is -0.120. The zero-order valence-corrected chi connectivity index (χ0v) is 13.4. The fourth-order valence-electron chi connectivity index (χ4n) is 1.56. The van der Waals surface area contributed by atoms with Crippen molar-refractivity contribution in [3.8, 4) is 0 Å². The molecule has 0 radical (unpaired) electrons. The Hall–Kier alpha value is -1.27. The summed E-state index contributed by atoms with van der Waals surface area (Å²) < 4.78 is 3.20. The van der Waals surface area contributed by atoms with E-state index in [1.165, 1.54) is 0 Å². The van der Waals surface area contributed by atoms with E-state index in [0.29, 0.717) is 4.77 Å². The van der Waals surface area contributed by atoms with Crippen LogP contribution in [0.25, 0.3) is 0 Å². The molecule has 0 aliphatic heterocycles. The van der Waals surface area contributed by atoms with Crippen LogP contribution in [0.4, 0.5) is 0 Å². The molecule has 0 amide bonds. The Morgan fingerprint density at radius 2 is 1.95 bits per heavy atom. The first-order chi connectivity index (χ1) is 8.88. The van der Waals surface area contributed by atoms with Crippen LogP contribution in [-0.4, -0.2) is 21.1 Å². The van der Waals surface area contributed by atoms with Crippen molar-refractivity contribution in [1.29, 1.82) is 0 Å². The summed E-state index contributed by atoms with van der Waals surface area (Å²) in [4.78, 5) is 0. The molecule has 0 saturated carbocycles. The number of nitrogens with zero attached hydrogens (tertiary/aromatic N) is 3. The summed E-state index contributed by atoms with van der Waals surface area (Å²) in [7, 11) is 0. The average molecular weight is 339 g/mol. The highest BCUT2D eigenvalue weighted by atomic mass is 79.9. The third kappa shape index (κ3) is 3.39. The predicted octanol–water partition coefficient (Wildman–Crippen LogP) is 3.88. The second-order valence-corrected chi connectivity index (χ2v) is 6.51. The van der Waals surface area contributed by atoms with Gasteiger partial charge in [0.05, 0.1) is 6.21 Å². The molecular weight excluding hydrogens is 324 g/mol. The number of H-pyrrole nitrogens is 1. The molecular formula is C13H15BrN4S. The van der Waals surface area contributed by atoms with E-state index in [2.05, 4.69) is 52.0 Å². The lowest BCUT2D eigenvalue weighted by atomic mass is 9.96. The van der Waals surface area contributed by atoms with Crippen molar-refractivity contribution in [2.45, 2.75) is 26.2 Å². The van der Waals surface area contributed by atoms with Gasteiger partial charge in [-0.2, -0.15) is 14.9 Å². The quantitative estimate of drug-likeness (QED) is 0.667. The molecule has 0 saturated heterocycles. The number of halogens is 1. The SMILES string of the molecule is CC(C)(C)c1n[nH]c(=S)n1/N=C\c1ccc(Br)cc1. The first kappa shape index (κ1) is 14.1. The second-order valence-electron chi connectivity index (χ2n) is 5.21. The summed E-state index contributed by atoms with van der Waals surface area (Å²) in [6.45, 7) is 6.22. The smallest absolute Gasteiger partial charge is 0.216 e. The maximum Gasteiger partial charge on any atom is 0.216 e. The molecule has 1 aromatic heterocycles. The van der Waals surface area contributed by atoms with Crippen molar-refractivity contribution >= 4 is 34.4 Å². The number of rotatable bonds is 2. The summed E-state index contributed by atoms with van der Waals surface area (Å²) in [5, 5.41) is 11.4. The Kier molecular flexibility index (Phi) is 4.01. The van der Waals surface area contributed by atoms with Gasteiger partial charge in [0.25, 0.3) is 0 Å². The van der Waals surface area contributed by atoms with E-state index in [-0.39, 0.29) is 5.41 Å². The largest absolute Gasteiger partial charge is 0.250 e. The van der Waals surface area contributed by atoms with Gasteiger partial charge in [-0.3, -0.25) is 5.10 Å². The van der Waals surface area contributed by atoms with Crippen molar-refractivity contribution in [3.63, 3.8) is 0 Å². The van der Waals surface area contributed by atoms with E-state index in [4.69, 9.17) is 12.2 Å². The molecule has 1 aromatic carbocycles. The van der Waals surface area contributed by atoms with E-state index in [9.17, 15) is 0 Å². The first-order valence-electron chi connectivity index (χ1n) is 5.86. The summed E-state index contributed by atoms with van der Waals surface area (Å²) >= 11 is 8.60. The molecule has 4 nitrogen and oxygen atoms in total. The van der Waals surface area contributed by atoms with Gasteiger partial charge in [0, 0.05) is 9.89 Å². The average Bonchev–Trinajstić information content (AvgIpc) is 2.70. The van der Waals surface area contributed by atoms with Crippen molar-refractivity contribution < 1.29 is 0 Å². The van der Waals surface area contributed by atoms with Crippen LogP contribution in [-0.2, 0) is 5.41 Å². The van der Waals surface area contributed by atoms with Crippen LogP contribution >= 0.6 is 28.1 Å². The monoisotopic (exact) mass is 338 g/mol. The number of benzene rings is 1. The van der Waals surface area contributed by atoms with Gasteiger partial charge in [0.15, 0.2) is 5.82 Å². The minimum absolute atomic E-state index is 0.120. The van der Waals surface area contributed by atoms with Gasteiger partial charge in [-0.25, -0.2) is 0 Å². The standard InChI is InChI=1S/C13H15BrN4S/c1-13(2,3)11-16-17-12(19)18(11)15-8-9-4-6-10(14)7-5-9/h4-8H,1-3H3,(H,17,19)/b15-8-. The lowest BCUT2D eigenvalue weighted by molar-refractivity contribution is 0.516. The molecule has 0 bridgehead atoms. The molecule has 1 heterocycles. The zero-order valence-electron chi connectivity index (χ0n) is 11.0. The number of aromatic nitrogens is 3. The normalized spacial score (nSPS) is 12.2. The summed E-state index contributed by atoms with van der Waals surface area (Å²) in [6.07, 6.45) is 1.77. The van der Waals surface area contributed by atoms with E-state index in [1.54, 1.807) is 10.9 Å². The molecule has 0 atom stereocenters. The fourth-order valence-corrected chi connectivity index (χ4v) is 2.00. The van der Waals surface area contributed by atoms with E-state index >= 15 is 0 Å². The van der Waals surface area contributed by atoms with Crippen molar-refractivity contribution in [3.05, 3.63) is 44.9 Å². The van der Waals surface area contributed by atoms with Crippen LogP contribution in [0.2, 0.25) is 0 Å². The molecule has 100 valence electrons. The minimum Gasteiger partial charge on any atom is -0.250 e. The highest BCUT2D eigenvalue weighted by molar-refractivity contribution is 9.10. The van der Waals surface area contributed by atoms with Crippen LogP contribution in [0.15, 0.2) is 33.8 Å². The Morgan fingerprint density at radius 1 is 1.32 bits per heavy atom.